The zero-order chi connectivity index (χ0) is 14.8. The van der Waals surface area contributed by atoms with Crippen molar-refractivity contribution in [1.29, 1.82) is 0 Å². The van der Waals surface area contributed by atoms with E-state index in [-0.39, 0.29) is 12.4 Å². The predicted octanol–water partition coefficient (Wildman–Crippen LogP) is 4.50. The number of hydrogen-bond acceptors (Lipinski definition) is 2. The summed E-state index contributed by atoms with van der Waals surface area (Å²) in [6.07, 6.45) is 0. The van der Waals surface area contributed by atoms with Crippen LogP contribution in [0.5, 0.6) is 5.75 Å². The topological polar surface area (TPSA) is 42.1 Å². The summed E-state index contributed by atoms with van der Waals surface area (Å²) >= 11 is 3.41. The number of Topliss-reactive ketones (excluding diaryl/α,β-unsaturated/α-hetero) is 1. The van der Waals surface area contributed by atoms with Crippen LogP contribution in [0, 0.1) is 6.92 Å². The molecule has 0 unspecified atom stereocenters. The van der Waals surface area contributed by atoms with E-state index in [0.717, 1.165) is 21.1 Å². The van der Waals surface area contributed by atoms with Crippen LogP contribution in [0.15, 0.2) is 53.0 Å². The largest absolute Gasteiger partial charge is 0.484 e. The summed E-state index contributed by atoms with van der Waals surface area (Å²) < 4.78 is 6.46. The fourth-order valence-electron chi connectivity index (χ4n) is 2.41. The standard InChI is InChI=1S/C17H14BrNO2/c1-11-17(12-6-2-4-8-14(12)19-11)15(20)10-21-16-9-5-3-7-13(16)18/h2-9,19H,10H2,1H3. The van der Waals surface area contributed by atoms with Gasteiger partial charge in [-0.3, -0.25) is 4.79 Å². The van der Waals surface area contributed by atoms with Gasteiger partial charge in [0.15, 0.2) is 6.61 Å². The van der Waals surface area contributed by atoms with Gasteiger partial charge >= 0.3 is 0 Å². The molecule has 0 spiro atoms. The molecule has 0 aliphatic carbocycles. The van der Waals surface area contributed by atoms with E-state index < -0.39 is 0 Å². The number of aromatic amines is 1. The summed E-state index contributed by atoms with van der Waals surface area (Å²) in [6, 6.07) is 15.3. The number of halogens is 1. The lowest BCUT2D eigenvalue weighted by Gasteiger charge is -2.07. The molecule has 0 atom stereocenters. The lowest BCUT2D eigenvalue weighted by atomic mass is 10.1. The number of aromatic nitrogens is 1. The summed E-state index contributed by atoms with van der Waals surface area (Å²) in [4.78, 5) is 15.7. The van der Waals surface area contributed by atoms with Gasteiger partial charge in [0.1, 0.15) is 5.75 Å². The quantitative estimate of drug-likeness (QED) is 0.708. The van der Waals surface area contributed by atoms with Crippen LogP contribution in [-0.2, 0) is 0 Å². The van der Waals surface area contributed by atoms with Crippen LogP contribution in [0.25, 0.3) is 10.9 Å². The highest BCUT2D eigenvalue weighted by Crippen LogP contribution is 2.25. The second-order valence-corrected chi connectivity index (χ2v) is 5.67. The molecule has 3 aromatic rings. The van der Waals surface area contributed by atoms with Gasteiger partial charge in [0, 0.05) is 22.2 Å². The second kappa shape index (κ2) is 5.74. The van der Waals surface area contributed by atoms with E-state index >= 15 is 0 Å². The molecule has 0 aliphatic heterocycles. The number of ether oxygens (including phenoxy) is 1. The van der Waals surface area contributed by atoms with Crippen LogP contribution in [-0.4, -0.2) is 17.4 Å². The number of ketones is 1. The Kier molecular flexibility index (Phi) is 3.80. The Morgan fingerprint density at radius 3 is 2.67 bits per heavy atom. The van der Waals surface area contributed by atoms with Gasteiger partial charge in [-0.1, -0.05) is 30.3 Å². The summed E-state index contributed by atoms with van der Waals surface area (Å²) in [5.74, 6) is 0.643. The molecule has 0 amide bonds. The summed E-state index contributed by atoms with van der Waals surface area (Å²) in [5, 5.41) is 0.940. The van der Waals surface area contributed by atoms with Crippen molar-refractivity contribution in [2.45, 2.75) is 6.92 Å². The Labute approximate surface area is 131 Å². The first-order valence-electron chi connectivity index (χ1n) is 6.64. The van der Waals surface area contributed by atoms with Crippen molar-refractivity contribution in [2.24, 2.45) is 0 Å². The zero-order valence-electron chi connectivity index (χ0n) is 11.5. The molecule has 0 saturated heterocycles. The third kappa shape index (κ3) is 2.72. The maximum absolute atomic E-state index is 12.5. The van der Waals surface area contributed by atoms with Crippen molar-refractivity contribution < 1.29 is 9.53 Å². The molecule has 1 heterocycles. The number of hydrogen-bond donors (Lipinski definition) is 1. The van der Waals surface area contributed by atoms with E-state index in [1.54, 1.807) is 0 Å². The van der Waals surface area contributed by atoms with E-state index in [0.29, 0.717) is 11.3 Å². The van der Waals surface area contributed by atoms with Gasteiger partial charge in [0.2, 0.25) is 5.78 Å². The number of H-pyrrole nitrogens is 1. The summed E-state index contributed by atoms with van der Waals surface area (Å²) in [5.41, 5.74) is 2.55. The molecule has 0 saturated carbocycles. The minimum absolute atomic E-state index is 0.0191. The molecule has 0 radical (unpaired) electrons. The van der Waals surface area contributed by atoms with Crippen molar-refractivity contribution in [1.82, 2.24) is 4.98 Å². The molecular weight excluding hydrogens is 330 g/mol. The van der Waals surface area contributed by atoms with Gasteiger partial charge in [-0.2, -0.15) is 0 Å². The molecule has 0 fully saturated rings. The van der Waals surface area contributed by atoms with E-state index in [4.69, 9.17) is 4.74 Å². The minimum Gasteiger partial charge on any atom is -0.484 e. The molecule has 3 rings (SSSR count). The van der Waals surface area contributed by atoms with Gasteiger partial charge in [-0.25, -0.2) is 0 Å². The third-order valence-corrected chi connectivity index (χ3v) is 4.02. The Hall–Kier alpha value is -2.07. The number of nitrogens with one attached hydrogen (secondary N) is 1. The van der Waals surface area contributed by atoms with Gasteiger partial charge in [0.05, 0.1) is 4.47 Å². The Morgan fingerprint density at radius 2 is 1.86 bits per heavy atom. The maximum Gasteiger partial charge on any atom is 0.202 e. The zero-order valence-corrected chi connectivity index (χ0v) is 13.1. The fourth-order valence-corrected chi connectivity index (χ4v) is 2.81. The average Bonchev–Trinajstić information content (AvgIpc) is 2.82. The van der Waals surface area contributed by atoms with Crippen molar-refractivity contribution in [3.05, 3.63) is 64.3 Å². The van der Waals surface area contributed by atoms with Crippen LogP contribution in [0.3, 0.4) is 0 Å². The minimum atomic E-state index is -0.0271. The first-order chi connectivity index (χ1) is 10.2. The van der Waals surface area contributed by atoms with Crippen LogP contribution < -0.4 is 4.74 Å². The maximum atomic E-state index is 12.5. The summed E-state index contributed by atoms with van der Waals surface area (Å²) in [6.45, 7) is 1.93. The number of benzene rings is 2. The van der Waals surface area contributed by atoms with Crippen LogP contribution in [0.1, 0.15) is 16.1 Å². The van der Waals surface area contributed by atoms with E-state index in [1.165, 1.54) is 0 Å². The van der Waals surface area contributed by atoms with E-state index in [1.807, 2.05) is 55.5 Å². The lowest BCUT2D eigenvalue weighted by Crippen LogP contribution is -2.12. The smallest absolute Gasteiger partial charge is 0.202 e. The molecule has 0 aliphatic rings. The van der Waals surface area contributed by atoms with Gasteiger partial charge in [-0.05, 0) is 41.1 Å². The highest BCUT2D eigenvalue weighted by Gasteiger charge is 2.16. The molecule has 1 N–H and O–H groups in total. The molecule has 106 valence electrons. The molecule has 3 nitrogen and oxygen atoms in total. The molecule has 4 heteroatoms. The molecule has 2 aromatic carbocycles. The van der Waals surface area contributed by atoms with Crippen molar-refractivity contribution >= 4 is 32.6 Å². The first kappa shape index (κ1) is 13.9. The van der Waals surface area contributed by atoms with Crippen LogP contribution in [0.2, 0.25) is 0 Å². The van der Waals surface area contributed by atoms with Crippen molar-refractivity contribution in [3.63, 3.8) is 0 Å². The second-order valence-electron chi connectivity index (χ2n) is 4.81. The average molecular weight is 344 g/mol. The number of rotatable bonds is 4. The lowest BCUT2D eigenvalue weighted by molar-refractivity contribution is 0.0922. The number of para-hydroxylation sites is 2. The predicted molar refractivity (Wildman–Crippen MR) is 87.0 cm³/mol. The molecule has 21 heavy (non-hydrogen) atoms. The SMILES string of the molecule is Cc1[nH]c2ccccc2c1C(=O)COc1ccccc1Br. The van der Waals surface area contributed by atoms with E-state index in [2.05, 4.69) is 20.9 Å². The normalized spacial score (nSPS) is 10.8. The summed E-state index contributed by atoms with van der Waals surface area (Å²) in [7, 11) is 0. The molecule has 0 bridgehead atoms. The Morgan fingerprint density at radius 1 is 1.14 bits per heavy atom. The third-order valence-electron chi connectivity index (χ3n) is 3.37. The van der Waals surface area contributed by atoms with Gasteiger partial charge in [-0.15, -0.1) is 0 Å². The first-order valence-corrected chi connectivity index (χ1v) is 7.44. The molecular formula is C17H14BrNO2. The van der Waals surface area contributed by atoms with E-state index in [9.17, 15) is 4.79 Å². The number of aryl methyl sites for hydroxylation is 1. The number of carbonyl (C=O) groups is 1. The van der Waals surface area contributed by atoms with Gasteiger partial charge < -0.3 is 9.72 Å². The molecule has 1 aromatic heterocycles. The Bertz CT molecular complexity index is 807. The highest BCUT2D eigenvalue weighted by atomic mass is 79.9. The Balaban J connectivity index is 1.85. The fraction of sp³-hybridized carbons (Fsp3) is 0.118. The number of fused-ring (bicyclic) bond motifs is 1. The van der Waals surface area contributed by atoms with Crippen molar-refractivity contribution in [2.75, 3.05) is 6.61 Å². The number of carbonyl (C=O) groups excluding carboxylic acids is 1. The van der Waals surface area contributed by atoms with Crippen molar-refractivity contribution in [3.8, 4) is 5.75 Å². The highest BCUT2D eigenvalue weighted by molar-refractivity contribution is 9.10. The monoisotopic (exact) mass is 343 g/mol. The van der Waals surface area contributed by atoms with Crippen LogP contribution >= 0.6 is 15.9 Å². The van der Waals surface area contributed by atoms with Crippen LogP contribution in [0.4, 0.5) is 0 Å². The van der Waals surface area contributed by atoms with Gasteiger partial charge in [0.25, 0.3) is 0 Å².